The molecular weight excluding hydrogens is 292 g/mol. The van der Waals surface area contributed by atoms with Crippen molar-refractivity contribution < 1.29 is 9.53 Å². The van der Waals surface area contributed by atoms with Crippen LogP contribution in [0, 0.1) is 0 Å². The monoisotopic (exact) mass is 310 g/mol. The van der Waals surface area contributed by atoms with Gasteiger partial charge >= 0.3 is 5.97 Å². The SMILES string of the molecule is CCCCC/C(=C\C(=O)OC)c1ccc(Br)cc1. The lowest BCUT2D eigenvalue weighted by atomic mass is 9.99. The highest BCUT2D eigenvalue weighted by molar-refractivity contribution is 9.10. The first-order chi connectivity index (χ1) is 8.67. The number of esters is 1. The fourth-order valence-electron chi connectivity index (χ4n) is 1.73. The third kappa shape index (κ3) is 5.05. The predicted molar refractivity (Wildman–Crippen MR) is 78.3 cm³/mol. The molecule has 0 heterocycles. The summed E-state index contributed by atoms with van der Waals surface area (Å²) in [6.07, 6.45) is 5.94. The first-order valence-corrected chi connectivity index (χ1v) is 7.01. The Kier molecular flexibility index (Phi) is 6.73. The van der Waals surface area contributed by atoms with Crippen LogP contribution in [0.3, 0.4) is 0 Å². The maximum absolute atomic E-state index is 11.4. The zero-order valence-corrected chi connectivity index (χ0v) is 12.5. The van der Waals surface area contributed by atoms with Crippen LogP contribution in [0.2, 0.25) is 0 Å². The average molecular weight is 311 g/mol. The molecule has 1 aromatic carbocycles. The molecule has 0 aromatic heterocycles. The first-order valence-electron chi connectivity index (χ1n) is 6.21. The van der Waals surface area contributed by atoms with E-state index in [2.05, 4.69) is 22.9 Å². The molecule has 0 aliphatic heterocycles. The minimum absolute atomic E-state index is 0.288. The Bertz CT molecular complexity index is 407. The van der Waals surface area contributed by atoms with Gasteiger partial charge in [-0.1, -0.05) is 47.8 Å². The van der Waals surface area contributed by atoms with Gasteiger partial charge in [0.15, 0.2) is 0 Å². The fourth-order valence-corrected chi connectivity index (χ4v) is 1.99. The number of carbonyl (C=O) groups is 1. The van der Waals surface area contributed by atoms with Crippen molar-refractivity contribution in [2.24, 2.45) is 0 Å². The van der Waals surface area contributed by atoms with Crippen molar-refractivity contribution in [2.45, 2.75) is 32.6 Å². The molecule has 18 heavy (non-hydrogen) atoms. The number of rotatable bonds is 6. The maximum atomic E-state index is 11.4. The van der Waals surface area contributed by atoms with Crippen molar-refractivity contribution in [3.05, 3.63) is 40.4 Å². The predicted octanol–water partition coefficient (Wildman–Crippen LogP) is 4.59. The Morgan fingerprint density at radius 3 is 2.50 bits per heavy atom. The topological polar surface area (TPSA) is 26.3 Å². The molecule has 0 aliphatic rings. The minimum atomic E-state index is -0.288. The molecule has 0 saturated carbocycles. The molecule has 0 fully saturated rings. The molecule has 1 rings (SSSR count). The Labute approximate surface area is 117 Å². The van der Waals surface area contributed by atoms with E-state index >= 15 is 0 Å². The Balaban J connectivity index is 2.85. The van der Waals surface area contributed by atoms with Gasteiger partial charge in [0.1, 0.15) is 0 Å². The first kappa shape index (κ1) is 15.0. The summed E-state index contributed by atoms with van der Waals surface area (Å²) in [6, 6.07) is 8.01. The summed E-state index contributed by atoms with van der Waals surface area (Å²) in [4.78, 5) is 11.4. The van der Waals surface area contributed by atoms with Crippen molar-refractivity contribution in [2.75, 3.05) is 7.11 Å². The number of methoxy groups -OCH3 is 1. The maximum Gasteiger partial charge on any atom is 0.330 e. The third-order valence-corrected chi connectivity index (χ3v) is 3.29. The second-order valence-corrected chi connectivity index (χ2v) is 5.07. The second kappa shape index (κ2) is 8.09. The summed E-state index contributed by atoms with van der Waals surface area (Å²) in [5, 5.41) is 0. The van der Waals surface area contributed by atoms with Crippen LogP contribution in [0.25, 0.3) is 5.57 Å². The van der Waals surface area contributed by atoms with Gasteiger partial charge in [0.25, 0.3) is 0 Å². The summed E-state index contributed by atoms with van der Waals surface area (Å²) < 4.78 is 5.75. The Morgan fingerprint density at radius 1 is 1.28 bits per heavy atom. The molecular formula is C15H19BrO2. The minimum Gasteiger partial charge on any atom is -0.466 e. The molecule has 98 valence electrons. The van der Waals surface area contributed by atoms with E-state index in [0.29, 0.717) is 0 Å². The lowest BCUT2D eigenvalue weighted by Gasteiger charge is -2.07. The summed E-state index contributed by atoms with van der Waals surface area (Å²) in [5.74, 6) is -0.288. The fraction of sp³-hybridized carbons (Fsp3) is 0.400. The van der Waals surface area contributed by atoms with Gasteiger partial charge in [0.05, 0.1) is 7.11 Å². The molecule has 0 N–H and O–H groups in total. The van der Waals surface area contributed by atoms with Crippen LogP contribution in [-0.4, -0.2) is 13.1 Å². The number of hydrogen-bond acceptors (Lipinski definition) is 2. The number of carbonyl (C=O) groups excluding carboxylic acids is 1. The van der Waals surface area contributed by atoms with E-state index in [-0.39, 0.29) is 5.97 Å². The molecule has 0 saturated heterocycles. The molecule has 0 spiro atoms. The number of unbranched alkanes of at least 4 members (excludes halogenated alkanes) is 2. The van der Waals surface area contributed by atoms with E-state index in [1.54, 1.807) is 6.08 Å². The van der Waals surface area contributed by atoms with Crippen molar-refractivity contribution in [3.8, 4) is 0 Å². The number of allylic oxidation sites excluding steroid dienone is 1. The van der Waals surface area contributed by atoms with Gasteiger partial charge < -0.3 is 4.74 Å². The van der Waals surface area contributed by atoms with Crippen molar-refractivity contribution in [1.29, 1.82) is 0 Å². The highest BCUT2D eigenvalue weighted by Crippen LogP contribution is 2.23. The van der Waals surface area contributed by atoms with Gasteiger partial charge in [0, 0.05) is 10.5 Å². The van der Waals surface area contributed by atoms with Gasteiger partial charge in [-0.25, -0.2) is 4.79 Å². The van der Waals surface area contributed by atoms with Crippen LogP contribution in [0.5, 0.6) is 0 Å². The Morgan fingerprint density at radius 2 is 1.94 bits per heavy atom. The highest BCUT2D eigenvalue weighted by Gasteiger charge is 2.05. The summed E-state index contributed by atoms with van der Waals surface area (Å²) in [5.41, 5.74) is 2.13. The third-order valence-electron chi connectivity index (χ3n) is 2.76. The van der Waals surface area contributed by atoms with E-state index in [1.165, 1.54) is 20.0 Å². The van der Waals surface area contributed by atoms with Crippen LogP contribution in [0.4, 0.5) is 0 Å². The van der Waals surface area contributed by atoms with Gasteiger partial charge in [-0.2, -0.15) is 0 Å². The van der Waals surface area contributed by atoms with E-state index in [0.717, 1.165) is 28.5 Å². The standard InChI is InChI=1S/C15H19BrO2/c1-3-4-5-6-13(11-15(17)18-2)12-7-9-14(16)10-8-12/h7-11H,3-6H2,1-2H3/b13-11+. The van der Waals surface area contributed by atoms with Crippen LogP contribution in [0.15, 0.2) is 34.8 Å². The van der Waals surface area contributed by atoms with E-state index < -0.39 is 0 Å². The number of hydrogen-bond donors (Lipinski definition) is 0. The molecule has 0 aliphatic carbocycles. The van der Waals surface area contributed by atoms with Gasteiger partial charge in [0.2, 0.25) is 0 Å². The summed E-state index contributed by atoms with van der Waals surface area (Å²) in [6.45, 7) is 2.17. The van der Waals surface area contributed by atoms with E-state index in [1.807, 2.05) is 24.3 Å². The normalized spacial score (nSPS) is 11.4. The molecule has 2 nitrogen and oxygen atoms in total. The van der Waals surface area contributed by atoms with Crippen LogP contribution in [-0.2, 0) is 9.53 Å². The molecule has 0 radical (unpaired) electrons. The van der Waals surface area contributed by atoms with E-state index in [9.17, 15) is 4.79 Å². The number of ether oxygens (including phenoxy) is 1. The summed E-state index contributed by atoms with van der Waals surface area (Å²) >= 11 is 3.41. The van der Waals surface area contributed by atoms with Gasteiger partial charge in [-0.15, -0.1) is 0 Å². The number of halogens is 1. The lowest BCUT2D eigenvalue weighted by Crippen LogP contribution is -1.97. The molecule has 0 unspecified atom stereocenters. The zero-order valence-electron chi connectivity index (χ0n) is 10.9. The van der Waals surface area contributed by atoms with Crippen molar-refractivity contribution in [3.63, 3.8) is 0 Å². The highest BCUT2D eigenvalue weighted by atomic mass is 79.9. The molecule has 0 atom stereocenters. The quantitative estimate of drug-likeness (QED) is 0.436. The van der Waals surface area contributed by atoms with Crippen LogP contribution in [0.1, 0.15) is 38.2 Å². The number of benzene rings is 1. The van der Waals surface area contributed by atoms with Gasteiger partial charge in [-0.05, 0) is 36.1 Å². The Hall–Kier alpha value is -1.09. The average Bonchev–Trinajstić information content (AvgIpc) is 2.38. The smallest absolute Gasteiger partial charge is 0.330 e. The lowest BCUT2D eigenvalue weighted by molar-refractivity contribution is -0.134. The van der Waals surface area contributed by atoms with Crippen LogP contribution < -0.4 is 0 Å². The summed E-state index contributed by atoms with van der Waals surface area (Å²) in [7, 11) is 1.41. The van der Waals surface area contributed by atoms with Crippen molar-refractivity contribution >= 4 is 27.5 Å². The largest absolute Gasteiger partial charge is 0.466 e. The van der Waals surface area contributed by atoms with Gasteiger partial charge in [-0.3, -0.25) is 0 Å². The molecule has 0 bridgehead atoms. The molecule has 3 heteroatoms. The molecule has 0 amide bonds. The zero-order chi connectivity index (χ0) is 13.4. The van der Waals surface area contributed by atoms with E-state index in [4.69, 9.17) is 4.74 Å². The van der Waals surface area contributed by atoms with Crippen LogP contribution >= 0.6 is 15.9 Å². The molecule has 1 aromatic rings. The van der Waals surface area contributed by atoms with Crippen molar-refractivity contribution in [1.82, 2.24) is 0 Å². The second-order valence-electron chi connectivity index (χ2n) is 4.16.